The van der Waals surface area contributed by atoms with E-state index in [1.54, 1.807) is 19.2 Å². The van der Waals surface area contributed by atoms with Crippen molar-refractivity contribution < 1.29 is 9.21 Å². The van der Waals surface area contributed by atoms with Crippen LogP contribution in [0, 0.1) is 5.41 Å². The van der Waals surface area contributed by atoms with Crippen LogP contribution in [0.3, 0.4) is 0 Å². The number of nitrogens with zero attached hydrogens (tertiary/aromatic N) is 1. The van der Waals surface area contributed by atoms with Crippen LogP contribution < -0.4 is 16.0 Å². The number of rotatable bonds is 7. The average Bonchev–Trinajstić information content (AvgIpc) is 3.19. The molecule has 1 aliphatic rings. The molecule has 3 rings (SSSR count). The second-order valence-corrected chi connectivity index (χ2v) is 7.11. The maximum absolute atomic E-state index is 12.0. The molecule has 6 nitrogen and oxygen atoms in total. The van der Waals surface area contributed by atoms with E-state index >= 15 is 0 Å². The van der Waals surface area contributed by atoms with Crippen LogP contribution in [0.1, 0.15) is 48.7 Å². The fourth-order valence-electron chi connectivity index (χ4n) is 3.32. The molecule has 1 aliphatic carbocycles. The molecule has 0 aliphatic heterocycles. The lowest BCUT2D eigenvalue weighted by atomic mass is 9.67. The minimum Gasteiger partial charge on any atom is -0.459 e. The van der Waals surface area contributed by atoms with Crippen molar-refractivity contribution in [2.75, 3.05) is 18.9 Å². The summed E-state index contributed by atoms with van der Waals surface area (Å²) in [6.45, 7) is 3.91. The van der Waals surface area contributed by atoms with Crippen molar-refractivity contribution in [1.82, 2.24) is 10.6 Å². The number of guanidine groups is 1. The highest BCUT2D eigenvalue weighted by Gasteiger charge is 2.34. The first-order valence-corrected chi connectivity index (χ1v) is 9.52. The Labute approximate surface area is 160 Å². The maximum Gasteiger partial charge on any atom is 0.291 e. The van der Waals surface area contributed by atoms with Crippen LogP contribution in [0.25, 0.3) is 0 Å². The van der Waals surface area contributed by atoms with Crippen LogP contribution >= 0.6 is 0 Å². The fraction of sp³-hybridized carbons (Fsp3) is 0.429. The largest absolute Gasteiger partial charge is 0.459 e. The van der Waals surface area contributed by atoms with E-state index in [0.29, 0.717) is 17.7 Å². The Hall–Kier alpha value is -2.76. The van der Waals surface area contributed by atoms with Crippen LogP contribution in [-0.4, -0.2) is 25.5 Å². The number of furan rings is 1. The third-order valence-electron chi connectivity index (χ3n) is 5.44. The number of carbonyl (C=O) groups is 1. The summed E-state index contributed by atoms with van der Waals surface area (Å²) in [5, 5.41) is 9.62. The molecule has 6 heteroatoms. The Kier molecular flexibility index (Phi) is 6.16. The first-order valence-electron chi connectivity index (χ1n) is 9.52. The van der Waals surface area contributed by atoms with Crippen LogP contribution in [-0.2, 0) is 6.54 Å². The summed E-state index contributed by atoms with van der Waals surface area (Å²) in [7, 11) is 1.79. The number of benzene rings is 1. The SMILES string of the molecule is CCC1(CNC(=NC)NCc2ccc(NC(=O)c3ccco3)cc2)CCC1. The number of anilines is 1. The van der Waals surface area contributed by atoms with Gasteiger partial charge in [0.25, 0.3) is 5.91 Å². The summed E-state index contributed by atoms with van der Waals surface area (Å²) in [4.78, 5) is 16.3. The first kappa shape index (κ1) is 19.0. The second-order valence-electron chi connectivity index (χ2n) is 7.11. The monoisotopic (exact) mass is 368 g/mol. The van der Waals surface area contributed by atoms with Crippen molar-refractivity contribution in [3.63, 3.8) is 0 Å². The van der Waals surface area contributed by atoms with E-state index in [9.17, 15) is 4.79 Å². The Morgan fingerprint density at radius 1 is 1.19 bits per heavy atom. The summed E-state index contributed by atoms with van der Waals surface area (Å²) in [6, 6.07) is 11.1. The van der Waals surface area contributed by atoms with Crippen molar-refractivity contribution in [2.24, 2.45) is 10.4 Å². The molecule has 1 saturated carbocycles. The molecular formula is C21H28N4O2. The van der Waals surface area contributed by atoms with Crippen molar-refractivity contribution in [2.45, 2.75) is 39.2 Å². The molecule has 2 aromatic rings. The van der Waals surface area contributed by atoms with Gasteiger partial charge in [0.15, 0.2) is 11.7 Å². The van der Waals surface area contributed by atoms with Crippen molar-refractivity contribution >= 4 is 17.6 Å². The third kappa shape index (κ3) is 4.90. The molecule has 0 radical (unpaired) electrons. The average molecular weight is 368 g/mol. The van der Waals surface area contributed by atoms with Gasteiger partial charge in [0.1, 0.15) is 0 Å². The number of aliphatic imine (C=N–C) groups is 1. The molecule has 0 spiro atoms. The van der Waals surface area contributed by atoms with Gasteiger partial charge in [-0.25, -0.2) is 0 Å². The number of hydrogen-bond donors (Lipinski definition) is 3. The Morgan fingerprint density at radius 2 is 1.96 bits per heavy atom. The van der Waals surface area contributed by atoms with E-state index in [-0.39, 0.29) is 5.91 Å². The molecule has 0 bridgehead atoms. The molecule has 0 unspecified atom stereocenters. The number of nitrogens with one attached hydrogen (secondary N) is 3. The van der Waals surface area contributed by atoms with Gasteiger partial charge in [-0.2, -0.15) is 0 Å². The molecule has 1 amide bonds. The minimum atomic E-state index is -0.253. The van der Waals surface area contributed by atoms with E-state index in [4.69, 9.17) is 4.42 Å². The van der Waals surface area contributed by atoms with Gasteiger partial charge in [0.05, 0.1) is 6.26 Å². The van der Waals surface area contributed by atoms with Gasteiger partial charge in [-0.05, 0) is 54.5 Å². The first-order chi connectivity index (χ1) is 13.1. The lowest BCUT2D eigenvalue weighted by Crippen LogP contribution is -2.46. The Balaban J connectivity index is 1.46. The zero-order chi connectivity index (χ0) is 19.1. The van der Waals surface area contributed by atoms with Gasteiger partial charge in [-0.1, -0.05) is 25.5 Å². The second kappa shape index (κ2) is 8.75. The van der Waals surface area contributed by atoms with E-state index in [1.807, 2.05) is 24.3 Å². The van der Waals surface area contributed by atoms with Crippen LogP contribution in [0.15, 0.2) is 52.1 Å². The highest BCUT2D eigenvalue weighted by atomic mass is 16.3. The van der Waals surface area contributed by atoms with Gasteiger partial charge in [-0.15, -0.1) is 0 Å². The molecule has 1 aromatic heterocycles. The molecule has 1 aromatic carbocycles. The molecule has 27 heavy (non-hydrogen) atoms. The minimum absolute atomic E-state index is 0.253. The van der Waals surface area contributed by atoms with Crippen molar-refractivity contribution in [3.8, 4) is 0 Å². The van der Waals surface area contributed by atoms with Crippen LogP contribution in [0.5, 0.6) is 0 Å². The van der Waals surface area contributed by atoms with Gasteiger partial charge in [-0.3, -0.25) is 9.79 Å². The molecule has 1 heterocycles. The molecule has 3 N–H and O–H groups in total. The third-order valence-corrected chi connectivity index (χ3v) is 5.44. The zero-order valence-electron chi connectivity index (χ0n) is 16.0. The van der Waals surface area contributed by atoms with E-state index < -0.39 is 0 Å². The Morgan fingerprint density at radius 3 is 2.52 bits per heavy atom. The van der Waals surface area contributed by atoms with E-state index in [1.165, 1.54) is 31.9 Å². The molecule has 144 valence electrons. The predicted molar refractivity (Wildman–Crippen MR) is 108 cm³/mol. The van der Waals surface area contributed by atoms with Gasteiger partial charge in [0.2, 0.25) is 0 Å². The Bertz CT molecular complexity index is 756. The number of amides is 1. The molecule has 0 saturated heterocycles. The van der Waals surface area contributed by atoms with E-state index in [2.05, 4.69) is 27.9 Å². The summed E-state index contributed by atoms with van der Waals surface area (Å²) < 4.78 is 5.09. The summed E-state index contributed by atoms with van der Waals surface area (Å²) in [5.74, 6) is 0.869. The topological polar surface area (TPSA) is 78.7 Å². The lowest BCUT2D eigenvalue weighted by molar-refractivity contribution is 0.0996. The highest BCUT2D eigenvalue weighted by molar-refractivity contribution is 6.02. The smallest absolute Gasteiger partial charge is 0.291 e. The number of carbonyl (C=O) groups excluding carboxylic acids is 1. The summed E-state index contributed by atoms with van der Waals surface area (Å²) in [6.07, 6.45) is 6.64. The number of hydrogen-bond acceptors (Lipinski definition) is 3. The molecule has 1 fully saturated rings. The van der Waals surface area contributed by atoms with Crippen molar-refractivity contribution in [1.29, 1.82) is 0 Å². The zero-order valence-corrected chi connectivity index (χ0v) is 16.0. The quantitative estimate of drug-likeness (QED) is 0.513. The fourth-order valence-corrected chi connectivity index (χ4v) is 3.32. The lowest BCUT2D eigenvalue weighted by Gasteiger charge is -2.41. The van der Waals surface area contributed by atoms with Crippen LogP contribution in [0.4, 0.5) is 5.69 Å². The summed E-state index contributed by atoms with van der Waals surface area (Å²) >= 11 is 0. The normalized spacial score (nSPS) is 15.7. The van der Waals surface area contributed by atoms with E-state index in [0.717, 1.165) is 23.8 Å². The van der Waals surface area contributed by atoms with Gasteiger partial charge >= 0.3 is 0 Å². The molecular weight excluding hydrogens is 340 g/mol. The van der Waals surface area contributed by atoms with Gasteiger partial charge in [0, 0.05) is 25.8 Å². The summed E-state index contributed by atoms with van der Waals surface area (Å²) in [5.41, 5.74) is 2.30. The van der Waals surface area contributed by atoms with Crippen LogP contribution in [0.2, 0.25) is 0 Å². The maximum atomic E-state index is 12.0. The highest BCUT2D eigenvalue weighted by Crippen LogP contribution is 2.42. The standard InChI is InChI=1S/C21H28N4O2/c1-3-21(11-5-12-21)15-24-20(22-2)23-14-16-7-9-17(10-8-16)25-19(26)18-6-4-13-27-18/h4,6-10,13H,3,5,11-12,14-15H2,1-2H3,(H,25,26)(H2,22,23,24). The van der Waals surface area contributed by atoms with Crippen molar-refractivity contribution in [3.05, 3.63) is 54.0 Å². The molecule has 0 atom stereocenters. The van der Waals surface area contributed by atoms with Gasteiger partial charge < -0.3 is 20.4 Å². The predicted octanol–water partition coefficient (Wildman–Crippen LogP) is 3.78.